The van der Waals surface area contributed by atoms with Gasteiger partial charge in [-0.3, -0.25) is 9.48 Å². The predicted molar refractivity (Wildman–Crippen MR) is 72.1 cm³/mol. The predicted octanol–water partition coefficient (Wildman–Crippen LogP) is 1.46. The van der Waals surface area contributed by atoms with E-state index >= 15 is 0 Å². The zero-order chi connectivity index (χ0) is 14.1. The van der Waals surface area contributed by atoms with E-state index in [0.717, 1.165) is 36.1 Å². The fourth-order valence-electron chi connectivity index (χ4n) is 2.59. The van der Waals surface area contributed by atoms with Gasteiger partial charge in [-0.2, -0.15) is 5.10 Å². The van der Waals surface area contributed by atoms with Crippen LogP contribution in [0.5, 0.6) is 0 Å². The van der Waals surface area contributed by atoms with Crippen molar-refractivity contribution in [1.82, 2.24) is 20.3 Å². The second-order valence-electron chi connectivity index (χ2n) is 5.49. The Labute approximate surface area is 117 Å². The fourth-order valence-corrected chi connectivity index (χ4v) is 2.59. The smallest absolute Gasteiger partial charge is 0.274 e. The fraction of sp³-hybridized carbons (Fsp3) is 0.500. The number of carbonyl (C=O) groups excluding carboxylic acids is 1. The van der Waals surface area contributed by atoms with Crippen LogP contribution in [0.25, 0.3) is 0 Å². The summed E-state index contributed by atoms with van der Waals surface area (Å²) in [6, 6.07) is 0. The molecule has 1 atom stereocenters. The minimum atomic E-state index is -0.173. The standard InChI is InChI=1S/C14H18N4O2/c1-9-3-4-12-11(5-9)13(17-20-12)14(19)15-6-10-7-16-18(2)8-10/h7-9H,3-6H2,1-2H3,(H,15,19)/t9-/m0/s1. The van der Waals surface area contributed by atoms with E-state index in [-0.39, 0.29) is 5.91 Å². The van der Waals surface area contributed by atoms with Gasteiger partial charge in [0.25, 0.3) is 5.91 Å². The third kappa shape index (κ3) is 2.45. The largest absolute Gasteiger partial charge is 0.360 e. The maximum atomic E-state index is 12.2. The summed E-state index contributed by atoms with van der Waals surface area (Å²) in [6.07, 6.45) is 6.45. The summed E-state index contributed by atoms with van der Waals surface area (Å²) in [5, 5.41) is 10.9. The Morgan fingerprint density at radius 1 is 1.60 bits per heavy atom. The number of rotatable bonds is 3. The first-order valence-corrected chi connectivity index (χ1v) is 6.86. The van der Waals surface area contributed by atoms with E-state index in [1.54, 1.807) is 10.9 Å². The molecule has 0 bridgehead atoms. The van der Waals surface area contributed by atoms with E-state index in [1.165, 1.54) is 0 Å². The quantitative estimate of drug-likeness (QED) is 0.919. The molecule has 1 aliphatic rings. The summed E-state index contributed by atoms with van der Waals surface area (Å²) in [5.74, 6) is 1.27. The summed E-state index contributed by atoms with van der Waals surface area (Å²) in [5.41, 5.74) is 2.38. The number of amides is 1. The molecule has 0 radical (unpaired) electrons. The highest BCUT2D eigenvalue weighted by Crippen LogP contribution is 2.27. The van der Waals surface area contributed by atoms with Gasteiger partial charge in [0.15, 0.2) is 5.69 Å². The van der Waals surface area contributed by atoms with Crippen LogP contribution < -0.4 is 5.32 Å². The highest BCUT2D eigenvalue weighted by atomic mass is 16.5. The van der Waals surface area contributed by atoms with E-state index in [4.69, 9.17) is 4.52 Å². The van der Waals surface area contributed by atoms with Gasteiger partial charge in [-0.15, -0.1) is 0 Å². The molecule has 0 aliphatic heterocycles. The highest BCUT2D eigenvalue weighted by molar-refractivity contribution is 5.93. The summed E-state index contributed by atoms with van der Waals surface area (Å²) in [4.78, 5) is 12.2. The Balaban J connectivity index is 1.70. The first kappa shape index (κ1) is 12.9. The molecule has 2 aromatic heterocycles. The van der Waals surface area contributed by atoms with Crippen molar-refractivity contribution in [1.29, 1.82) is 0 Å². The number of carbonyl (C=O) groups is 1. The molecule has 6 heteroatoms. The average Bonchev–Trinajstić information content (AvgIpc) is 3.02. The van der Waals surface area contributed by atoms with E-state index in [1.807, 2.05) is 13.2 Å². The van der Waals surface area contributed by atoms with E-state index < -0.39 is 0 Å². The zero-order valence-electron chi connectivity index (χ0n) is 11.7. The molecule has 6 nitrogen and oxygen atoms in total. The molecule has 1 amide bonds. The van der Waals surface area contributed by atoms with Gasteiger partial charge in [0.1, 0.15) is 5.76 Å². The Hall–Kier alpha value is -2.11. The lowest BCUT2D eigenvalue weighted by molar-refractivity contribution is 0.0941. The number of hydrogen-bond acceptors (Lipinski definition) is 4. The first-order chi connectivity index (χ1) is 9.63. The van der Waals surface area contributed by atoms with Crippen molar-refractivity contribution in [2.75, 3.05) is 0 Å². The molecule has 0 saturated carbocycles. The number of fused-ring (bicyclic) bond motifs is 1. The topological polar surface area (TPSA) is 73.0 Å². The van der Waals surface area contributed by atoms with Crippen molar-refractivity contribution >= 4 is 5.91 Å². The van der Waals surface area contributed by atoms with Crippen molar-refractivity contribution in [2.24, 2.45) is 13.0 Å². The number of nitrogens with one attached hydrogen (secondary N) is 1. The van der Waals surface area contributed by atoms with Crippen molar-refractivity contribution < 1.29 is 9.32 Å². The normalized spacial score (nSPS) is 17.8. The number of aryl methyl sites for hydroxylation is 2. The molecule has 20 heavy (non-hydrogen) atoms. The maximum Gasteiger partial charge on any atom is 0.274 e. The monoisotopic (exact) mass is 274 g/mol. The molecular formula is C14H18N4O2. The lowest BCUT2D eigenvalue weighted by Gasteiger charge is -2.16. The molecule has 0 spiro atoms. The van der Waals surface area contributed by atoms with Crippen LogP contribution in [0.2, 0.25) is 0 Å². The summed E-state index contributed by atoms with van der Waals surface area (Å²) < 4.78 is 6.99. The summed E-state index contributed by atoms with van der Waals surface area (Å²) >= 11 is 0. The van der Waals surface area contributed by atoms with Crippen LogP contribution >= 0.6 is 0 Å². The Bertz CT molecular complexity index is 629. The van der Waals surface area contributed by atoms with Crippen LogP contribution in [-0.2, 0) is 26.4 Å². The van der Waals surface area contributed by atoms with Crippen LogP contribution in [-0.4, -0.2) is 20.8 Å². The number of nitrogens with zero attached hydrogens (tertiary/aromatic N) is 3. The van der Waals surface area contributed by atoms with Crippen LogP contribution in [0.3, 0.4) is 0 Å². The molecule has 0 fully saturated rings. The summed E-state index contributed by atoms with van der Waals surface area (Å²) in [6.45, 7) is 2.64. The van der Waals surface area contributed by atoms with Crippen LogP contribution in [0.1, 0.15) is 40.7 Å². The maximum absolute atomic E-state index is 12.2. The van der Waals surface area contributed by atoms with E-state index in [9.17, 15) is 4.79 Å². The van der Waals surface area contributed by atoms with Crippen LogP contribution in [0.4, 0.5) is 0 Å². The van der Waals surface area contributed by atoms with Gasteiger partial charge in [-0.25, -0.2) is 0 Å². The van der Waals surface area contributed by atoms with Crippen LogP contribution in [0, 0.1) is 5.92 Å². The molecule has 0 saturated heterocycles. The van der Waals surface area contributed by atoms with Gasteiger partial charge in [0.2, 0.25) is 0 Å². The van der Waals surface area contributed by atoms with Gasteiger partial charge in [0, 0.05) is 37.3 Å². The Kier molecular flexibility index (Phi) is 3.30. The second-order valence-corrected chi connectivity index (χ2v) is 5.49. The van der Waals surface area contributed by atoms with Gasteiger partial charge in [-0.05, 0) is 18.8 Å². The minimum absolute atomic E-state index is 0.173. The van der Waals surface area contributed by atoms with Gasteiger partial charge >= 0.3 is 0 Å². The number of hydrogen-bond donors (Lipinski definition) is 1. The molecule has 3 rings (SSSR count). The van der Waals surface area contributed by atoms with Crippen molar-refractivity contribution in [3.05, 3.63) is 35.0 Å². The molecule has 0 aromatic carbocycles. The zero-order valence-corrected chi connectivity index (χ0v) is 11.7. The lowest BCUT2D eigenvalue weighted by Crippen LogP contribution is -2.25. The molecule has 1 N–H and O–H groups in total. The van der Waals surface area contributed by atoms with Crippen LogP contribution in [0.15, 0.2) is 16.9 Å². The van der Waals surface area contributed by atoms with E-state index in [2.05, 4.69) is 22.5 Å². The molecule has 2 aromatic rings. The van der Waals surface area contributed by atoms with Gasteiger partial charge in [0.05, 0.1) is 6.20 Å². The summed E-state index contributed by atoms with van der Waals surface area (Å²) in [7, 11) is 1.85. The molecule has 1 aliphatic carbocycles. The first-order valence-electron chi connectivity index (χ1n) is 6.86. The highest BCUT2D eigenvalue weighted by Gasteiger charge is 2.26. The minimum Gasteiger partial charge on any atom is -0.360 e. The third-order valence-corrected chi connectivity index (χ3v) is 3.71. The molecule has 2 heterocycles. The van der Waals surface area contributed by atoms with Gasteiger partial charge in [-0.1, -0.05) is 12.1 Å². The second kappa shape index (κ2) is 5.11. The molecule has 0 unspecified atom stereocenters. The van der Waals surface area contributed by atoms with Gasteiger partial charge < -0.3 is 9.84 Å². The Morgan fingerprint density at radius 3 is 3.20 bits per heavy atom. The lowest BCUT2D eigenvalue weighted by atomic mass is 9.88. The average molecular weight is 274 g/mol. The molecule has 106 valence electrons. The molecular weight excluding hydrogens is 256 g/mol. The SMILES string of the molecule is C[C@H]1CCc2onc(C(=O)NCc3cnn(C)c3)c2C1. The number of aromatic nitrogens is 3. The van der Waals surface area contributed by atoms with E-state index in [0.29, 0.717) is 18.2 Å². The van der Waals surface area contributed by atoms with Crippen molar-refractivity contribution in [3.8, 4) is 0 Å². The van der Waals surface area contributed by atoms with Crippen molar-refractivity contribution in [2.45, 2.75) is 32.7 Å². The third-order valence-electron chi connectivity index (χ3n) is 3.71. The van der Waals surface area contributed by atoms with Crippen molar-refractivity contribution in [3.63, 3.8) is 0 Å². The Morgan fingerprint density at radius 2 is 2.45 bits per heavy atom.